The summed E-state index contributed by atoms with van der Waals surface area (Å²) in [6.07, 6.45) is 3.64. The number of anilines is 2. The van der Waals surface area contributed by atoms with Gasteiger partial charge < -0.3 is 20.3 Å². The highest BCUT2D eigenvalue weighted by Gasteiger charge is 2.31. The van der Waals surface area contributed by atoms with E-state index < -0.39 is 0 Å². The molecule has 1 saturated heterocycles. The van der Waals surface area contributed by atoms with Gasteiger partial charge in [0.1, 0.15) is 5.75 Å². The molecular weight excluding hydrogens is 366 g/mol. The molecule has 2 N–H and O–H groups in total. The molecule has 2 aliphatic rings. The zero-order chi connectivity index (χ0) is 20.2. The van der Waals surface area contributed by atoms with E-state index in [2.05, 4.69) is 10.6 Å². The van der Waals surface area contributed by atoms with Crippen molar-refractivity contribution in [3.05, 3.63) is 54.1 Å². The van der Waals surface area contributed by atoms with Gasteiger partial charge in [-0.3, -0.25) is 9.59 Å². The zero-order valence-corrected chi connectivity index (χ0v) is 16.7. The van der Waals surface area contributed by atoms with Gasteiger partial charge in [-0.05, 0) is 62.1 Å². The predicted molar refractivity (Wildman–Crippen MR) is 113 cm³/mol. The maximum absolute atomic E-state index is 13.1. The van der Waals surface area contributed by atoms with Crippen LogP contribution in [0.15, 0.2) is 48.5 Å². The molecule has 6 heteroatoms. The summed E-state index contributed by atoms with van der Waals surface area (Å²) < 4.78 is 5.19. The van der Waals surface area contributed by atoms with Crippen LogP contribution in [0.25, 0.3) is 0 Å². The summed E-state index contributed by atoms with van der Waals surface area (Å²) in [5.41, 5.74) is 2.31. The third kappa shape index (κ3) is 4.70. The van der Waals surface area contributed by atoms with Crippen LogP contribution in [0, 0.1) is 5.92 Å². The number of likely N-dealkylation sites (tertiary alicyclic amines) is 1. The van der Waals surface area contributed by atoms with E-state index in [4.69, 9.17) is 4.74 Å². The molecule has 0 bridgehead atoms. The number of methoxy groups -OCH3 is 1. The Bertz CT molecular complexity index is 869. The van der Waals surface area contributed by atoms with Crippen molar-refractivity contribution in [3.8, 4) is 5.75 Å². The largest absolute Gasteiger partial charge is 0.497 e. The fourth-order valence-electron chi connectivity index (χ4n) is 3.67. The Hall–Kier alpha value is -3.02. The number of para-hydroxylation sites is 1. The van der Waals surface area contributed by atoms with Gasteiger partial charge in [-0.25, -0.2) is 0 Å². The average molecular weight is 393 g/mol. The van der Waals surface area contributed by atoms with Crippen molar-refractivity contribution >= 4 is 23.2 Å². The Morgan fingerprint density at radius 1 is 0.966 bits per heavy atom. The molecule has 29 heavy (non-hydrogen) atoms. The summed E-state index contributed by atoms with van der Waals surface area (Å²) in [4.78, 5) is 27.3. The van der Waals surface area contributed by atoms with Gasteiger partial charge in [0.2, 0.25) is 5.91 Å². The Morgan fingerprint density at radius 2 is 1.66 bits per heavy atom. The first-order valence-corrected chi connectivity index (χ1v) is 10.2. The van der Waals surface area contributed by atoms with Gasteiger partial charge in [0, 0.05) is 30.7 Å². The van der Waals surface area contributed by atoms with Gasteiger partial charge in [0.05, 0.1) is 18.4 Å². The second kappa shape index (κ2) is 8.55. The van der Waals surface area contributed by atoms with E-state index in [1.165, 1.54) is 0 Å². The predicted octanol–water partition coefficient (Wildman–Crippen LogP) is 3.57. The highest BCUT2D eigenvalue weighted by atomic mass is 16.5. The topological polar surface area (TPSA) is 70.7 Å². The molecule has 0 atom stereocenters. The fraction of sp³-hybridized carbons (Fsp3) is 0.391. The van der Waals surface area contributed by atoms with E-state index in [1.54, 1.807) is 7.11 Å². The first kappa shape index (κ1) is 19.3. The fourth-order valence-corrected chi connectivity index (χ4v) is 3.67. The summed E-state index contributed by atoms with van der Waals surface area (Å²) in [7, 11) is 1.63. The van der Waals surface area contributed by atoms with Crippen LogP contribution in [-0.2, 0) is 4.79 Å². The minimum Gasteiger partial charge on any atom is -0.497 e. The minimum atomic E-state index is 0.00247. The molecule has 152 valence electrons. The number of hydrogen-bond donors (Lipinski definition) is 2. The molecule has 2 fully saturated rings. The molecule has 1 saturated carbocycles. The van der Waals surface area contributed by atoms with Crippen molar-refractivity contribution in [2.75, 3.05) is 25.5 Å². The maximum Gasteiger partial charge on any atom is 0.255 e. The lowest BCUT2D eigenvalue weighted by Gasteiger charge is -2.32. The van der Waals surface area contributed by atoms with Crippen LogP contribution in [0.4, 0.5) is 11.4 Å². The first-order chi connectivity index (χ1) is 14.1. The molecule has 2 amide bonds. The van der Waals surface area contributed by atoms with E-state index >= 15 is 0 Å². The van der Waals surface area contributed by atoms with Crippen molar-refractivity contribution in [1.29, 1.82) is 0 Å². The number of amides is 2. The molecule has 0 aromatic heterocycles. The van der Waals surface area contributed by atoms with Crippen LogP contribution in [-0.4, -0.2) is 43.0 Å². The lowest BCUT2D eigenvalue weighted by Crippen LogP contribution is -2.43. The molecule has 6 nitrogen and oxygen atoms in total. The Balaban J connectivity index is 1.40. The van der Waals surface area contributed by atoms with Gasteiger partial charge in [0.15, 0.2) is 0 Å². The summed E-state index contributed by atoms with van der Waals surface area (Å²) in [6.45, 7) is 1.22. The normalized spacial score (nSPS) is 16.9. The third-order valence-corrected chi connectivity index (χ3v) is 5.60. The van der Waals surface area contributed by atoms with Gasteiger partial charge in [-0.2, -0.15) is 0 Å². The molecule has 1 heterocycles. The summed E-state index contributed by atoms with van der Waals surface area (Å²) in [5, 5.41) is 6.41. The number of benzene rings is 2. The molecule has 1 aliphatic heterocycles. The number of carbonyl (C=O) groups excluding carboxylic acids is 2. The van der Waals surface area contributed by atoms with Crippen LogP contribution in [0.1, 0.15) is 36.0 Å². The molecule has 0 unspecified atom stereocenters. The Morgan fingerprint density at radius 3 is 2.31 bits per heavy atom. The van der Waals surface area contributed by atoms with Gasteiger partial charge in [0.25, 0.3) is 5.91 Å². The average Bonchev–Trinajstić information content (AvgIpc) is 3.58. The monoisotopic (exact) mass is 393 g/mol. The molecule has 2 aromatic carbocycles. The van der Waals surface area contributed by atoms with E-state index in [1.807, 2.05) is 53.4 Å². The number of rotatable bonds is 6. The quantitative estimate of drug-likeness (QED) is 0.787. The van der Waals surface area contributed by atoms with Crippen LogP contribution in [0.2, 0.25) is 0 Å². The van der Waals surface area contributed by atoms with Crippen LogP contribution in [0.5, 0.6) is 5.75 Å². The van der Waals surface area contributed by atoms with E-state index in [9.17, 15) is 9.59 Å². The summed E-state index contributed by atoms with van der Waals surface area (Å²) in [6, 6.07) is 15.5. The Labute approximate surface area is 171 Å². The zero-order valence-electron chi connectivity index (χ0n) is 16.7. The number of piperidine rings is 1. The van der Waals surface area contributed by atoms with Crippen molar-refractivity contribution < 1.29 is 14.3 Å². The van der Waals surface area contributed by atoms with E-state index in [-0.39, 0.29) is 17.7 Å². The molecule has 4 rings (SSSR count). The number of nitrogens with one attached hydrogen (secondary N) is 2. The first-order valence-electron chi connectivity index (χ1n) is 10.2. The smallest absolute Gasteiger partial charge is 0.255 e. The number of carbonyl (C=O) groups is 2. The van der Waals surface area contributed by atoms with Crippen molar-refractivity contribution in [3.63, 3.8) is 0 Å². The van der Waals surface area contributed by atoms with Crippen LogP contribution < -0.4 is 15.4 Å². The summed E-state index contributed by atoms with van der Waals surface area (Å²) >= 11 is 0. The standard InChI is InChI=1S/C23H27N3O3/c1-29-19-10-8-17(9-11-19)24-21-5-3-2-4-20(21)23(28)26-14-12-16(13-15-26)22(27)25-18-6-7-18/h2-5,8-11,16,18,24H,6-7,12-15H2,1H3,(H,25,27). The second-order valence-corrected chi connectivity index (χ2v) is 7.75. The molecule has 1 aliphatic carbocycles. The second-order valence-electron chi connectivity index (χ2n) is 7.75. The number of nitrogens with zero attached hydrogens (tertiary/aromatic N) is 1. The number of hydrogen-bond acceptors (Lipinski definition) is 4. The van der Waals surface area contributed by atoms with Crippen molar-refractivity contribution in [1.82, 2.24) is 10.2 Å². The van der Waals surface area contributed by atoms with Crippen LogP contribution >= 0.6 is 0 Å². The van der Waals surface area contributed by atoms with Gasteiger partial charge in [-0.15, -0.1) is 0 Å². The Kier molecular flexibility index (Phi) is 5.69. The maximum atomic E-state index is 13.1. The highest BCUT2D eigenvalue weighted by molar-refractivity contribution is 6.00. The van der Waals surface area contributed by atoms with Gasteiger partial charge >= 0.3 is 0 Å². The van der Waals surface area contributed by atoms with Crippen LogP contribution in [0.3, 0.4) is 0 Å². The summed E-state index contributed by atoms with van der Waals surface area (Å²) in [5.74, 6) is 0.963. The van der Waals surface area contributed by atoms with E-state index in [0.29, 0.717) is 24.7 Å². The SMILES string of the molecule is COc1ccc(Nc2ccccc2C(=O)N2CCC(C(=O)NC3CC3)CC2)cc1. The van der Waals surface area contributed by atoms with E-state index in [0.717, 1.165) is 42.8 Å². The van der Waals surface area contributed by atoms with Crippen molar-refractivity contribution in [2.45, 2.75) is 31.7 Å². The number of ether oxygens (including phenoxy) is 1. The molecule has 0 spiro atoms. The minimum absolute atomic E-state index is 0.00247. The lowest BCUT2D eigenvalue weighted by molar-refractivity contribution is -0.126. The molecular formula is C23H27N3O3. The molecule has 0 radical (unpaired) electrons. The van der Waals surface area contributed by atoms with Crippen molar-refractivity contribution in [2.24, 2.45) is 5.92 Å². The van der Waals surface area contributed by atoms with Gasteiger partial charge in [-0.1, -0.05) is 12.1 Å². The lowest BCUT2D eigenvalue weighted by atomic mass is 9.95. The highest BCUT2D eigenvalue weighted by Crippen LogP contribution is 2.27. The third-order valence-electron chi connectivity index (χ3n) is 5.60. The molecule has 2 aromatic rings.